The van der Waals surface area contributed by atoms with E-state index in [4.69, 9.17) is 4.74 Å². The Bertz CT molecular complexity index is 769. The monoisotopic (exact) mass is 374 g/mol. The third kappa shape index (κ3) is 2.82. The van der Waals surface area contributed by atoms with Gasteiger partial charge in [-0.15, -0.1) is 0 Å². The molecule has 1 fully saturated rings. The van der Waals surface area contributed by atoms with Crippen LogP contribution in [-0.4, -0.2) is 51.9 Å². The largest absolute Gasteiger partial charge is 0.394 e. The maximum absolute atomic E-state index is 15.5. The number of aliphatic hydroxyl groups excluding tert-OH is 1. The molecule has 2 rings (SSSR count). The summed E-state index contributed by atoms with van der Waals surface area (Å²) in [7, 11) is -2.75. The van der Waals surface area contributed by atoms with Crippen LogP contribution in [0.4, 0.5) is 4.39 Å². The zero-order valence-electron chi connectivity index (χ0n) is 15.5. The van der Waals surface area contributed by atoms with Gasteiger partial charge in [0.1, 0.15) is 11.3 Å². The number of aromatic nitrogens is 2. The highest BCUT2D eigenvalue weighted by atomic mass is 28.3. The van der Waals surface area contributed by atoms with Crippen molar-refractivity contribution in [2.75, 3.05) is 6.61 Å². The predicted octanol–water partition coefficient (Wildman–Crippen LogP) is 0.852. The number of hydrogen-bond acceptors (Lipinski definition) is 5. The first-order valence-electron chi connectivity index (χ1n) is 8.24. The molecule has 0 radical (unpaired) electrons. The average molecular weight is 374 g/mol. The summed E-state index contributed by atoms with van der Waals surface area (Å²) in [5, 5.41) is 18.8. The van der Waals surface area contributed by atoms with Gasteiger partial charge >= 0.3 is 5.69 Å². The average Bonchev–Trinajstić information content (AvgIpc) is 2.75. The van der Waals surface area contributed by atoms with E-state index in [1.54, 1.807) is 0 Å². The Balaban J connectivity index is 2.60. The van der Waals surface area contributed by atoms with Crippen molar-refractivity contribution >= 4 is 8.07 Å². The van der Waals surface area contributed by atoms with Crippen LogP contribution in [-0.2, 0) is 4.74 Å². The Labute approximate surface area is 146 Å². The molecule has 0 unspecified atom stereocenters. The fourth-order valence-corrected chi connectivity index (χ4v) is 6.25. The smallest absolute Gasteiger partial charge is 0.330 e. The molecule has 2 heterocycles. The first-order valence-corrected chi connectivity index (χ1v) is 11.2. The van der Waals surface area contributed by atoms with E-state index in [2.05, 4.69) is 4.98 Å². The second-order valence-electron chi connectivity index (χ2n) is 8.28. The van der Waals surface area contributed by atoms with Crippen molar-refractivity contribution < 1.29 is 19.3 Å². The minimum absolute atomic E-state index is 0.221. The number of alkyl halides is 1. The number of rotatable bonds is 3. The molecular weight excluding hydrogens is 347 g/mol. The van der Waals surface area contributed by atoms with Crippen LogP contribution in [0.25, 0.3) is 0 Å². The quantitative estimate of drug-likeness (QED) is 0.681. The molecule has 0 saturated carbocycles. The van der Waals surface area contributed by atoms with Crippen LogP contribution in [0.1, 0.15) is 32.6 Å². The van der Waals surface area contributed by atoms with Crippen LogP contribution in [0, 0.1) is 6.92 Å². The Morgan fingerprint density at radius 3 is 2.44 bits per heavy atom. The number of nitrogens with zero attached hydrogens (tertiary/aromatic N) is 1. The van der Waals surface area contributed by atoms with E-state index in [9.17, 15) is 19.8 Å². The Hall–Kier alpha value is -1.29. The molecule has 9 heteroatoms. The summed E-state index contributed by atoms with van der Waals surface area (Å²) in [6.07, 6.45) is -3.29. The van der Waals surface area contributed by atoms with Gasteiger partial charge in [-0.25, -0.2) is 9.18 Å². The van der Waals surface area contributed by atoms with E-state index in [-0.39, 0.29) is 10.6 Å². The molecule has 0 aliphatic carbocycles. The van der Waals surface area contributed by atoms with Gasteiger partial charge in [-0.05, 0) is 12.0 Å². The summed E-state index contributed by atoms with van der Waals surface area (Å²) >= 11 is 0. The van der Waals surface area contributed by atoms with Gasteiger partial charge in [0.05, 0.1) is 14.7 Å². The standard InChI is InChI=1S/C16H27FN2O5Si/c1-9-7-19(14(22)18-12(9)21)13-11(17)16(23,10(8-20)24-13)25(5,6)15(2,3)4/h7,10-11,13,20,23H,8H2,1-6H3,(H,18,21,22)/t10-,11+,13-,16+/m1/s1. The van der Waals surface area contributed by atoms with Crippen LogP contribution in [0.15, 0.2) is 15.8 Å². The maximum Gasteiger partial charge on any atom is 0.330 e. The van der Waals surface area contributed by atoms with Crippen molar-refractivity contribution in [3.05, 3.63) is 32.6 Å². The van der Waals surface area contributed by atoms with Crippen molar-refractivity contribution in [3.8, 4) is 0 Å². The minimum Gasteiger partial charge on any atom is -0.394 e. The van der Waals surface area contributed by atoms with Crippen molar-refractivity contribution in [2.24, 2.45) is 0 Å². The molecular formula is C16H27FN2O5Si. The van der Waals surface area contributed by atoms with Crippen LogP contribution in [0.2, 0.25) is 18.1 Å². The summed E-state index contributed by atoms with van der Waals surface area (Å²) in [5.74, 6) is 0. The zero-order valence-corrected chi connectivity index (χ0v) is 16.5. The zero-order chi connectivity index (χ0) is 19.4. The molecule has 1 aliphatic rings. The summed E-state index contributed by atoms with van der Waals surface area (Å²) in [6, 6.07) is 0. The molecule has 7 nitrogen and oxygen atoms in total. The van der Waals surface area contributed by atoms with Gasteiger partial charge in [0.2, 0.25) is 0 Å². The summed E-state index contributed by atoms with van der Waals surface area (Å²) in [6.45, 7) is 10.4. The molecule has 1 aromatic rings. The molecule has 0 spiro atoms. The lowest BCUT2D eigenvalue weighted by Gasteiger charge is -2.49. The van der Waals surface area contributed by atoms with Crippen molar-refractivity contribution in [3.63, 3.8) is 0 Å². The highest BCUT2D eigenvalue weighted by Crippen LogP contribution is 2.52. The van der Waals surface area contributed by atoms with Crippen LogP contribution >= 0.6 is 0 Å². The van der Waals surface area contributed by atoms with Gasteiger partial charge < -0.3 is 14.9 Å². The van der Waals surface area contributed by atoms with E-state index < -0.39 is 49.7 Å². The van der Waals surface area contributed by atoms with Crippen LogP contribution < -0.4 is 11.2 Å². The summed E-state index contributed by atoms with van der Waals surface area (Å²) < 4.78 is 22.0. The number of ether oxygens (including phenoxy) is 1. The lowest BCUT2D eigenvalue weighted by Crippen LogP contribution is -2.68. The summed E-state index contributed by atoms with van der Waals surface area (Å²) in [5.41, 5.74) is -1.16. The lowest BCUT2D eigenvalue weighted by atomic mass is 10.1. The van der Waals surface area contributed by atoms with Gasteiger partial charge in [-0.2, -0.15) is 0 Å². The van der Waals surface area contributed by atoms with Crippen LogP contribution in [0.3, 0.4) is 0 Å². The van der Waals surface area contributed by atoms with E-state index >= 15 is 4.39 Å². The van der Waals surface area contributed by atoms with E-state index in [1.165, 1.54) is 13.1 Å². The van der Waals surface area contributed by atoms with Gasteiger partial charge in [0.15, 0.2) is 12.4 Å². The van der Waals surface area contributed by atoms with Gasteiger partial charge in [-0.3, -0.25) is 14.3 Å². The minimum atomic E-state index is -2.75. The first kappa shape index (κ1) is 20.0. The molecule has 1 aromatic heterocycles. The van der Waals surface area contributed by atoms with Crippen molar-refractivity contribution in [1.82, 2.24) is 9.55 Å². The topological polar surface area (TPSA) is 105 Å². The van der Waals surface area contributed by atoms with E-state index in [0.29, 0.717) is 0 Å². The Morgan fingerprint density at radius 2 is 1.96 bits per heavy atom. The van der Waals surface area contributed by atoms with E-state index in [1.807, 2.05) is 33.9 Å². The number of aliphatic hydroxyl groups is 2. The Kier molecular flexibility index (Phi) is 4.93. The second kappa shape index (κ2) is 6.15. The molecule has 3 N–H and O–H groups in total. The maximum atomic E-state index is 15.5. The summed E-state index contributed by atoms with van der Waals surface area (Å²) in [4.78, 5) is 25.8. The van der Waals surface area contributed by atoms with E-state index in [0.717, 1.165) is 4.57 Å². The second-order valence-corrected chi connectivity index (χ2v) is 13.8. The molecule has 0 aromatic carbocycles. The third-order valence-corrected chi connectivity index (χ3v) is 12.3. The van der Waals surface area contributed by atoms with Crippen molar-refractivity contribution in [1.29, 1.82) is 0 Å². The fourth-order valence-electron chi connectivity index (χ4n) is 3.25. The lowest BCUT2D eigenvalue weighted by molar-refractivity contribution is -0.0598. The molecule has 4 atom stereocenters. The predicted molar refractivity (Wildman–Crippen MR) is 94.1 cm³/mol. The first-order chi connectivity index (χ1) is 11.3. The van der Waals surface area contributed by atoms with Gasteiger partial charge in [0.25, 0.3) is 5.56 Å². The van der Waals surface area contributed by atoms with Gasteiger partial charge in [-0.1, -0.05) is 33.9 Å². The normalized spacial score (nSPS) is 30.7. The number of H-pyrrole nitrogens is 1. The van der Waals surface area contributed by atoms with Crippen LogP contribution in [0.5, 0.6) is 0 Å². The highest BCUT2D eigenvalue weighted by molar-refractivity contribution is 6.83. The fraction of sp³-hybridized carbons (Fsp3) is 0.750. The molecule has 0 bridgehead atoms. The van der Waals surface area contributed by atoms with Crippen molar-refractivity contribution in [2.45, 2.75) is 69.6 Å². The number of aryl methyl sites for hydroxylation is 1. The molecule has 0 amide bonds. The Morgan fingerprint density at radius 1 is 1.40 bits per heavy atom. The highest BCUT2D eigenvalue weighted by Gasteiger charge is 2.67. The molecule has 1 aliphatic heterocycles. The molecule has 25 heavy (non-hydrogen) atoms. The number of aromatic amines is 1. The van der Waals surface area contributed by atoms with Gasteiger partial charge in [0, 0.05) is 11.8 Å². The number of halogens is 1. The number of hydrogen-bond donors (Lipinski definition) is 3. The molecule has 142 valence electrons. The number of nitrogens with one attached hydrogen (secondary N) is 1. The molecule has 1 saturated heterocycles. The third-order valence-electron chi connectivity index (χ3n) is 5.93. The SMILES string of the molecule is Cc1cn([C@@H]2O[C@H](CO)[C@](O)([Si](C)(C)C(C)(C)C)[C@H]2F)c(=O)[nH]c1=O.